The molecule has 0 spiro atoms. The number of hydrogen-bond acceptors (Lipinski definition) is 3. The molecule has 0 aliphatic carbocycles. The molecule has 8 heteroatoms. The first-order chi connectivity index (χ1) is 13.8. The molecule has 0 N–H and O–H groups in total. The number of piperidine rings is 1. The van der Waals surface area contributed by atoms with Crippen molar-refractivity contribution in [3.05, 3.63) is 70.0 Å². The number of halogens is 3. The zero-order chi connectivity index (χ0) is 20.8. The summed E-state index contributed by atoms with van der Waals surface area (Å²) in [5.74, 6) is -1.98. The predicted octanol–water partition coefficient (Wildman–Crippen LogP) is 3.72. The summed E-state index contributed by atoms with van der Waals surface area (Å²) < 4.78 is 28.7. The molecule has 0 aromatic heterocycles. The molecule has 0 radical (unpaired) electrons. The highest BCUT2D eigenvalue weighted by atomic mass is 35.5. The van der Waals surface area contributed by atoms with E-state index in [2.05, 4.69) is 0 Å². The maximum atomic E-state index is 15.4. The van der Waals surface area contributed by atoms with E-state index in [1.165, 1.54) is 17.0 Å². The highest BCUT2D eigenvalue weighted by Gasteiger charge is 2.44. The van der Waals surface area contributed by atoms with Crippen LogP contribution in [0.15, 0.2) is 42.5 Å². The molecule has 1 fully saturated rings. The molecular weight excluding hydrogens is 402 g/mol. The Bertz CT molecular complexity index is 984. The number of carbonyl (C=O) groups is 3. The minimum atomic E-state index is -1.77. The van der Waals surface area contributed by atoms with E-state index in [1.807, 2.05) is 0 Å². The number of rotatable bonds is 3. The number of fused-ring (bicyclic) bond motifs is 1. The summed E-state index contributed by atoms with van der Waals surface area (Å²) in [6, 6.07) is 10.1. The SMILES string of the molecule is O=C(c1ccc(F)c(Cl)c1)N1CCC(F)(CN2C(=O)c3ccccc3C2=O)CC1. The van der Waals surface area contributed by atoms with E-state index in [4.69, 9.17) is 11.6 Å². The molecule has 0 saturated carbocycles. The van der Waals surface area contributed by atoms with E-state index >= 15 is 4.39 Å². The molecule has 2 aromatic carbocycles. The van der Waals surface area contributed by atoms with Crippen LogP contribution in [0.5, 0.6) is 0 Å². The zero-order valence-electron chi connectivity index (χ0n) is 15.3. The maximum absolute atomic E-state index is 15.4. The van der Waals surface area contributed by atoms with Crippen LogP contribution in [0.4, 0.5) is 8.78 Å². The Morgan fingerprint density at radius 1 is 1.03 bits per heavy atom. The molecule has 150 valence electrons. The third-order valence-corrected chi connectivity index (χ3v) is 5.72. The molecule has 1 saturated heterocycles. The van der Waals surface area contributed by atoms with Crippen molar-refractivity contribution in [3.8, 4) is 0 Å². The van der Waals surface area contributed by atoms with E-state index in [0.717, 1.165) is 11.0 Å². The van der Waals surface area contributed by atoms with Gasteiger partial charge in [0.05, 0.1) is 22.7 Å². The number of hydrogen-bond donors (Lipinski definition) is 0. The van der Waals surface area contributed by atoms with Crippen LogP contribution in [-0.2, 0) is 0 Å². The first kappa shape index (κ1) is 19.5. The summed E-state index contributed by atoms with van der Waals surface area (Å²) in [7, 11) is 0. The van der Waals surface area contributed by atoms with E-state index in [-0.39, 0.29) is 60.1 Å². The Morgan fingerprint density at radius 2 is 1.62 bits per heavy atom. The zero-order valence-corrected chi connectivity index (χ0v) is 16.1. The first-order valence-electron chi connectivity index (χ1n) is 9.17. The summed E-state index contributed by atoms with van der Waals surface area (Å²) in [6.45, 7) is -0.106. The standard InChI is InChI=1S/C21H17ClF2N2O3/c22-16-11-13(5-6-17(16)23)18(27)25-9-7-21(24,8-10-25)12-26-19(28)14-3-1-2-4-15(14)20(26)29/h1-6,11H,7-10,12H2. The smallest absolute Gasteiger partial charge is 0.261 e. The van der Waals surface area contributed by atoms with Crippen molar-refractivity contribution < 1.29 is 23.2 Å². The summed E-state index contributed by atoms with van der Waals surface area (Å²) in [6.07, 6.45) is -0.0257. The Labute approximate surface area is 170 Å². The van der Waals surface area contributed by atoms with Gasteiger partial charge in [0.1, 0.15) is 11.5 Å². The third-order valence-electron chi connectivity index (χ3n) is 5.43. The minimum Gasteiger partial charge on any atom is -0.338 e. The lowest BCUT2D eigenvalue weighted by atomic mass is 9.92. The largest absolute Gasteiger partial charge is 0.338 e. The van der Waals surface area contributed by atoms with Gasteiger partial charge in [-0.15, -0.1) is 0 Å². The van der Waals surface area contributed by atoms with Crippen LogP contribution in [0.25, 0.3) is 0 Å². The van der Waals surface area contributed by atoms with Crippen LogP contribution in [-0.4, -0.2) is 52.8 Å². The molecule has 2 aromatic rings. The second-order valence-electron chi connectivity index (χ2n) is 7.31. The predicted molar refractivity (Wildman–Crippen MR) is 102 cm³/mol. The number of benzene rings is 2. The van der Waals surface area contributed by atoms with E-state index in [9.17, 15) is 18.8 Å². The lowest BCUT2D eigenvalue weighted by Crippen LogP contribution is -2.50. The van der Waals surface area contributed by atoms with Crippen molar-refractivity contribution in [1.29, 1.82) is 0 Å². The molecule has 0 unspecified atom stereocenters. The Balaban J connectivity index is 1.42. The quantitative estimate of drug-likeness (QED) is 0.714. The van der Waals surface area contributed by atoms with Crippen molar-refractivity contribution in [3.63, 3.8) is 0 Å². The summed E-state index contributed by atoms with van der Waals surface area (Å²) >= 11 is 5.73. The highest BCUT2D eigenvalue weighted by Crippen LogP contribution is 2.32. The number of carbonyl (C=O) groups excluding carboxylic acids is 3. The van der Waals surface area contributed by atoms with E-state index in [1.54, 1.807) is 24.3 Å². The third kappa shape index (κ3) is 3.51. The number of alkyl halides is 1. The molecule has 0 atom stereocenters. The van der Waals surface area contributed by atoms with Gasteiger partial charge in [0, 0.05) is 31.5 Å². The van der Waals surface area contributed by atoms with Gasteiger partial charge in [-0.2, -0.15) is 0 Å². The van der Waals surface area contributed by atoms with Gasteiger partial charge in [-0.3, -0.25) is 19.3 Å². The van der Waals surface area contributed by atoms with Gasteiger partial charge in [0.25, 0.3) is 17.7 Å². The molecule has 2 aliphatic rings. The fourth-order valence-corrected chi connectivity index (χ4v) is 3.93. The lowest BCUT2D eigenvalue weighted by molar-refractivity contribution is 0.0215. The van der Waals surface area contributed by atoms with Gasteiger partial charge in [-0.25, -0.2) is 8.78 Å². The van der Waals surface area contributed by atoms with Crippen LogP contribution in [0.1, 0.15) is 43.9 Å². The van der Waals surface area contributed by atoms with Gasteiger partial charge < -0.3 is 4.90 Å². The van der Waals surface area contributed by atoms with E-state index in [0.29, 0.717) is 0 Å². The number of amides is 3. The number of imide groups is 1. The molecule has 29 heavy (non-hydrogen) atoms. The Kier molecular flexibility index (Phi) is 4.86. The topological polar surface area (TPSA) is 57.7 Å². The molecule has 2 aliphatic heterocycles. The Hall–Kier alpha value is -2.80. The van der Waals surface area contributed by atoms with Crippen molar-refractivity contribution >= 4 is 29.3 Å². The van der Waals surface area contributed by atoms with Crippen LogP contribution in [0, 0.1) is 5.82 Å². The van der Waals surface area contributed by atoms with Gasteiger partial charge in [0.2, 0.25) is 0 Å². The molecule has 4 rings (SSSR count). The van der Waals surface area contributed by atoms with Crippen molar-refractivity contribution in [2.45, 2.75) is 18.5 Å². The fourth-order valence-electron chi connectivity index (χ4n) is 3.75. The van der Waals surface area contributed by atoms with Gasteiger partial charge in [-0.05, 0) is 30.3 Å². The van der Waals surface area contributed by atoms with Crippen LogP contribution >= 0.6 is 11.6 Å². The molecule has 2 heterocycles. The normalized spacial score (nSPS) is 18.2. The van der Waals surface area contributed by atoms with Crippen molar-refractivity contribution in [2.24, 2.45) is 0 Å². The summed E-state index contributed by atoms with van der Waals surface area (Å²) in [5, 5.41) is -0.154. The molecule has 3 amide bonds. The monoisotopic (exact) mass is 418 g/mol. The lowest BCUT2D eigenvalue weighted by Gasteiger charge is -2.38. The van der Waals surface area contributed by atoms with Crippen molar-refractivity contribution in [1.82, 2.24) is 9.80 Å². The molecule has 0 bridgehead atoms. The van der Waals surface area contributed by atoms with Gasteiger partial charge >= 0.3 is 0 Å². The van der Waals surface area contributed by atoms with E-state index < -0.39 is 23.3 Å². The van der Waals surface area contributed by atoms with Crippen LogP contribution in [0.3, 0.4) is 0 Å². The number of nitrogens with zero attached hydrogens (tertiary/aromatic N) is 2. The average Bonchev–Trinajstić information content (AvgIpc) is 2.95. The van der Waals surface area contributed by atoms with Crippen LogP contribution in [0.2, 0.25) is 5.02 Å². The maximum Gasteiger partial charge on any atom is 0.261 e. The van der Waals surface area contributed by atoms with Gasteiger partial charge in [-0.1, -0.05) is 23.7 Å². The fraction of sp³-hybridized carbons (Fsp3) is 0.286. The summed E-state index contributed by atoms with van der Waals surface area (Å²) in [4.78, 5) is 39.9. The highest BCUT2D eigenvalue weighted by molar-refractivity contribution is 6.31. The second kappa shape index (κ2) is 7.22. The summed E-state index contributed by atoms with van der Waals surface area (Å²) in [5.41, 5.74) is -0.989. The average molecular weight is 419 g/mol. The minimum absolute atomic E-state index is 0.0128. The van der Waals surface area contributed by atoms with Crippen molar-refractivity contribution in [2.75, 3.05) is 19.6 Å². The van der Waals surface area contributed by atoms with Crippen LogP contribution < -0.4 is 0 Å². The Morgan fingerprint density at radius 3 is 2.17 bits per heavy atom. The van der Waals surface area contributed by atoms with Gasteiger partial charge in [0.15, 0.2) is 0 Å². The second-order valence-corrected chi connectivity index (χ2v) is 7.72. The molecular formula is C21H17ClF2N2O3. The first-order valence-corrected chi connectivity index (χ1v) is 9.55. The molecule has 5 nitrogen and oxygen atoms in total. The number of likely N-dealkylation sites (tertiary alicyclic amines) is 1.